The fourth-order valence-corrected chi connectivity index (χ4v) is 4.33. The first-order valence-electron chi connectivity index (χ1n) is 5.13. The average Bonchev–Trinajstić information content (AvgIpc) is 2.54. The normalized spacial score (nSPS) is 34.8. The molecule has 0 aromatic heterocycles. The van der Waals surface area contributed by atoms with Crippen molar-refractivity contribution in [2.24, 2.45) is 5.41 Å². The van der Waals surface area contributed by atoms with E-state index in [0.717, 1.165) is 13.0 Å². The number of sulfone groups is 1. The second kappa shape index (κ2) is 3.47. The molecule has 2 aliphatic heterocycles. The number of aliphatic hydroxyl groups excluding tert-OH is 1. The fourth-order valence-electron chi connectivity index (χ4n) is 2.69. The third-order valence-corrected chi connectivity index (χ3v) is 5.41. The molecule has 0 saturated carbocycles. The largest absolute Gasteiger partial charge is 0.395 e. The Morgan fingerprint density at radius 2 is 1.93 bits per heavy atom. The minimum atomic E-state index is -2.79. The summed E-state index contributed by atoms with van der Waals surface area (Å²) in [5.41, 5.74) is 0.0556. The summed E-state index contributed by atoms with van der Waals surface area (Å²) in [7, 11) is -2.79. The molecule has 0 aromatic rings. The molecule has 1 atom stereocenters. The molecule has 1 unspecified atom stereocenters. The van der Waals surface area contributed by atoms with Crippen molar-refractivity contribution in [3.05, 3.63) is 0 Å². The van der Waals surface area contributed by atoms with E-state index < -0.39 is 9.84 Å². The summed E-state index contributed by atoms with van der Waals surface area (Å²) in [4.78, 5) is 0. The zero-order valence-corrected chi connectivity index (χ0v) is 9.02. The number of rotatable bonds is 1. The van der Waals surface area contributed by atoms with Crippen LogP contribution in [0, 0.1) is 5.41 Å². The molecule has 0 radical (unpaired) electrons. The minimum Gasteiger partial charge on any atom is -0.395 e. The molecule has 0 aromatic carbocycles. The summed E-state index contributed by atoms with van der Waals surface area (Å²) in [6.45, 7) is 1.03. The zero-order valence-electron chi connectivity index (χ0n) is 8.20. The molecule has 2 N–H and O–H groups in total. The summed E-state index contributed by atoms with van der Waals surface area (Å²) < 4.78 is 22.6. The van der Waals surface area contributed by atoms with E-state index in [-0.39, 0.29) is 18.1 Å². The first kappa shape index (κ1) is 10.4. The quantitative estimate of drug-likeness (QED) is 0.626. The van der Waals surface area contributed by atoms with Gasteiger partial charge in [-0.3, -0.25) is 0 Å². The van der Waals surface area contributed by atoms with E-state index in [4.69, 9.17) is 0 Å². The van der Waals surface area contributed by atoms with Crippen LogP contribution in [0.1, 0.15) is 19.3 Å². The maximum absolute atomic E-state index is 11.3. The van der Waals surface area contributed by atoms with Crippen LogP contribution in [0.5, 0.6) is 0 Å². The van der Waals surface area contributed by atoms with Gasteiger partial charge in [0.2, 0.25) is 0 Å². The number of hydrogen-bond acceptors (Lipinski definition) is 4. The van der Waals surface area contributed by atoms with Crippen LogP contribution in [0.25, 0.3) is 0 Å². The van der Waals surface area contributed by atoms with Crippen molar-refractivity contribution in [1.82, 2.24) is 5.32 Å². The van der Waals surface area contributed by atoms with E-state index in [1.807, 2.05) is 0 Å². The average molecular weight is 219 g/mol. The Labute approximate surface area is 84.6 Å². The lowest BCUT2D eigenvalue weighted by Crippen LogP contribution is -2.44. The smallest absolute Gasteiger partial charge is 0.150 e. The Kier molecular flexibility index (Phi) is 2.57. The second-order valence-electron chi connectivity index (χ2n) is 4.45. The van der Waals surface area contributed by atoms with Crippen LogP contribution in [0.15, 0.2) is 0 Å². The van der Waals surface area contributed by atoms with Crippen molar-refractivity contribution in [2.45, 2.75) is 25.3 Å². The van der Waals surface area contributed by atoms with E-state index in [1.54, 1.807) is 0 Å². The summed E-state index contributed by atoms with van der Waals surface area (Å²) in [5.74, 6) is 0.594. The predicted octanol–water partition coefficient (Wildman–Crippen LogP) is -0.464. The molecule has 4 nitrogen and oxygen atoms in total. The molecular formula is C9H17NO3S. The Hall–Kier alpha value is -0.130. The Morgan fingerprint density at radius 3 is 2.50 bits per heavy atom. The van der Waals surface area contributed by atoms with Gasteiger partial charge in [-0.25, -0.2) is 8.42 Å². The van der Waals surface area contributed by atoms with Crippen LogP contribution in [-0.2, 0) is 9.84 Å². The van der Waals surface area contributed by atoms with Gasteiger partial charge in [-0.05, 0) is 31.2 Å². The highest BCUT2D eigenvalue weighted by molar-refractivity contribution is 7.91. The van der Waals surface area contributed by atoms with Crippen LogP contribution in [-0.4, -0.2) is 44.2 Å². The molecule has 5 heteroatoms. The molecule has 2 fully saturated rings. The van der Waals surface area contributed by atoms with Crippen molar-refractivity contribution in [3.63, 3.8) is 0 Å². The van der Waals surface area contributed by atoms with Crippen molar-refractivity contribution in [1.29, 1.82) is 0 Å². The third kappa shape index (κ3) is 1.68. The first-order chi connectivity index (χ1) is 6.58. The number of hydrogen-bond donors (Lipinski definition) is 2. The van der Waals surface area contributed by atoms with Gasteiger partial charge in [0.15, 0.2) is 0 Å². The number of aliphatic hydroxyl groups is 1. The van der Waals surface area contributed by atoms with Gasteiger partial charge in [0.25, 0.3) is 0 Å². The van der Waals surface area contributed by atoms with Gasteiger partial charge >= 0.3 is 0 Å². The van der Waals surface area contributed by atoms with Crippen LogP contribution in [0.2, 0.25) is 0 Å². The van der Waals surface area contributed by atoms with Gasteiger partial charge in [0, 0.05) is 6.04 Å². The topological polar surface area (TPSA) is 66.4 Å². The van der Waals surface area contributed by atoms with E-state index in [1.165, 1.54) is 0 Å². The van der Waals surface area contributed by atoms with Crippen LogP contribution < -0.4 is 5.32 Å². The van der Waals surface area contributed by atoms with Gasteiger partial charge in [0.05, 0.1) is 18.1 Å². The summed E-state index contributed by atoms with van der Waals surface area (Å²) >= 11 is 0. The maximum Gasteiger partial charge on any atom is 0.150 e. The summed E-state index contributed by atoms with van der Waals surface area (Å²) in [6, 6.07) is 0.109. The molecule has 0 amide bonds. The van der Waals surface area contributed by atoms with Crippen molar-refractivity contribution >= 4 is 9.84 Å². The second-order valence-corrected chi connectivity index (χ2v) is 6.76. The number of nitrogens with one attached hydrogen (secondary N) is 1. The zero-order chi connectivity index (χ0) is 10.2. The summed E-state index contributed by atoms with van der Waals surface area (Å²) in [5, 5.41) is 12.5. The van der Waals surface area contributed by atoms with Gasteiger partial charge in [-0.2, -0.15) is 0 Å². The lowest BCUT2D eigenvalue weighted by atomic mass is 9.75. The lowest BCUT2D eigenvalue weighted by molar-refractivity contribution is 0.145. The molecular weight excluding hydrogens is 202 g/mol. The lowest BCUT2D eigenvalue weighted by Gasteiger charge is -2.37. The first-order valence-corrected chi connectivity index (χ1v) is 6.95. The highest BCUT2D eigenvalue weighted by Crippen LogP contribution is 2.41. The maximum atomic E-state index is 11.3. The van der Waals surface area contributed by atoms with Crippen LogP contribution in [0.4, 0.5) is 0 Å². The standard InChI is InChI=1S/C9H17NO3S/c11-7-8-9(1-4-10-8)2-5-14(12,13)6-3-9/h8,10-11H,1-7H2. The molecule has 2 aliphatic rings. The van der Waals surface area contributed by atoms with Gasteiger partial charge in [-0.1, -0.05) is 0 Å². The molecule has 2 heterocycles. The predicted molar refractivity (Wildman–Crippen MR) is 53.8 cm³/mol. The molecule has 2 saturated heterocycles. The van der Waals surface area contributed by atoms with E-state index in [9.17, 15) is 13.5 Å². The Balaban J connectivity index is 2.11. The highest BCUT2D eigenvalue weighted by Gasteiger charge is 2.45. The monoisotopic (exact) mass is 219 g/mol. The fraction of sp³-hybridized carbons (Fsp3) is 1.00. The Bertz CT molecular complexity index is 298. The highest BCUT2D eigenvalue weighted by atomic mass is 32.2. The van der Waals surface area contributed by atoms with E-state index in [2.05, 4.69) is 5.32 Å². The molecule has 2 rings (SSSR count). The Morgan fingerprint density at radius 1 is 1.29 bits per heavy atom. The molecule has 0 aliphatic carbocycles. The molecule has 0 bridgehead atoms. The minimum absolute atomic E-state index is 0.0556. The van der Waals surface area contributed by atoms with E-state index in [0.29, 0.717) is 24.3 Å². The molecule has 14 heavy (non-hydrogen) atoms. The van der Waals surface area contributed by atoms with Crippen molar-refractivity contribution < 1.29 is 13.5 Å². The van der Waals surface area contributed by atoms with Gasteiger partial charge in [0.1, 0.15) is 9.84 Å². The molecule has 1 spiro atoms. The third-order valence-electron chi connectivity index (χ3n) is 3.76. The SMILES string of the molecule is O=S1(=O)CCC2(CCNC2CO)CC1. The van der Waals surface area contributed by atoms with Gasteiger partial charge < -0.3 is 10.4 Å². The van der Waals surface area contributed by atoms with E-state index >= 15 is 0 Å². The van der Waals surface area contributed by atoms with Gasteiger partial charge in [-0.15, -0.1) is 0 Å². The van der Waals surface area contributed by atoms with Crippen molar-refractivity contribution in [3.8, 4) is 0 Å². The van der Waals surface area contributed by atoms with Crippen LogP contribution in [0.3, 0.4) is 0 Å². The summed E-state index contributed by atoms with van der Waals surface area (Å²) in [6.07, 6.45) is 2.44. The van der Waals surface area contributed by atoms with Crippen molar-refractivity contribution in [2.75, 3.05) is 24.7 Å². The molecule has 82 valence electrons. The van der Waals surface area contributed by atoms with Crippen LogP contribution >= 0.6 is 0 Å².